The monoisotopic (exact) mass is 262 g/mol. The molecule has 0 aliphatic carbocycles. The van der Waals surface area contributed by atoms with E-state index in [4.69, 9.17) is 10.5 Å². The Balaban J connectivity index is 1.94. The molecule has 5 heteroatoms. The van der Waals surface area contributed by atoms with Crippen molar-refractivity contribution in [2.75, 3.05) is 38.7 Å². The lowest BCUT2D eigenvalue weighted by Gasteiger charge is -2.21. The number of rotatable bonds is 4. The number of hydrogen-bond donors (Lipinski definition) is 2. The van der Waals surface area contributed by atoms with Crippen LogP contribution in [0.3, 0.4) is 0 Å². The summed E-state index contributed by atoms with van der Waals surface area (Å²) in [5.74, 6) is 2.03. The molecular weight excluding hydrogens is 240 g/mol. The number of anilines is 1. The number of aliphatic imine (C=N–C) groups is 1. The second-order valence-electron chi connectivity index (χ2n) is 4.76. The topological polar surface area (TPSA) is 62.9 Å². The molecule has 1 aliphatic rings. The normalized spacial score (nSPS) is 19.6. The Kier molecular flexibility index (Phi) is 4.49. The van der Waals surface area contributed by atoms with E-state index in [1.807, 2.05) is 18.2 Å². The fourth-order valence-corrected chi connectivity index (χ4v) is 2.44. The van der Waals surface area contributed by atoms with Crippen molar-refractivity contribution in [1.29, 1.82) is 0 Å². The van der Waals surface area contributed by atoms with E-state index in [1.54, 1.807) is 14.2 Å². The minimum Gasteiger partial charge on any atom is -0.495 e. The Hall–Kier alpha value is -1.91. The van der Waals surface area contributed by atoms with E-state index in [0.29, 0.717) is 11.9 Å². The minimum absolute atomic E-state index is 0.510. The highest BCUT2D eigenvalue weighted by atomic mass is 16.5. The highest BCUT2D eigenvalue weighted by molar-refractivity contribution is 5.77. The number of hydrogen-bond acceptors (Lipinski definition) is 3. The quantitative estimate of drug-likeness (QED) is 0.629. The van der Waals surface area contributed by atoms with Gasteiger partial charge in [-0.3, -0.25) is 4.99 Å². The zero-order valence-corrected chi connectivity index (χ0v) is 11.6. The molecule has 2 rings (SSSR count). The summed E-state index contributed by atoms with van der Waals surface area (Å²) in [5, 5.41) is 3.14. The smallest absolute Gasteiger partial charge is 0.188 e. The van der Waals surface area contributed by atoms with E-state index in [9.17, 15) is 0 Å². The summed E-state index contributed by atoms with van der Waals surface area (Å²) in [6.07, 6.45) is 1.15. The molecule has 0 unspecified atom stereocenters. The van der Waals surface area contributed by atoms with Crippen LogP contribution in [0.25, 0.3) is 0 Å². The van der Waals surface area contributed by atoms with E-state index >= 15 is 0 Å². The molecule has 1 aliphatic heterocycles. The van der Waals surface area contributed by atoms with E-state index in [0.717, 1.165) is 31.8 Å². The number of nitrogens with one attached hydrogen (secondary N) is 1. The first kappa shape index (κ1) is 13.5. The maximum Gasteiger partial charge on any atom is 0.188 e. The number of methoxy groups -OCH3 is 1. The number of para-hydroxylation sites is 2. The van der Waals surface area contributed by atoms with Crippen LogP contribution in [0.1, 0.15) is 6.42 Å². The maximum atomic E-state index is 5.65. The molecule has 0 radical (unpaired) electrons. The van der Waals surface area contributed by atoms with Crippen molar-refractivity contribution in [3.8, 4) is 5.75 Å². The number of nitrogens with two attached hydrogens (primary N) is 1. The van der Waals surface area contributed by atoms with Crippen molar-refractivity contribution < 1.29 is 4.74 Å². The number of benzene rings is 1. The summed E-state index contributed by atoms with van der Waals surface area (Å²) < 4.78 is 5.41. The van der Waals surface area contributed by atoms with Crippen LogP contribution < -0.4 is 20.7 Å². The van der Waals surface area contributed by atoms with Crippen LogP contribution in [-0.4, -0.2) is 39.8 Å². The predicted octanol–water partition coefficient (Wildman–Crippen LogP) is 1.06. The highest BCUT2D eigenvalue weighted by Crippen LogP contribution is 2.31. The lowest BCUT2D eigenvalue weighted by atomic mass is 10.1. The summed E-state index contributed by atoms with van der Waals surface area (Å²) in [4.78, 5) is 6.27. The third kappa shape index (κ3) is 3.30. The molecule has 1 saturated heterocycles. The number of nitrogens with zero attached hydrogens (tertiary/aromatic N) is 2. The van der Waals surface area contributed by atoms with Crippen molar-refractivity contribution >= 4 is 11.6 Å². The zero-order chi connectivity index (χ0) is 13.7. The Morgan fingerprint density at radius 3 is 3.05 bits per heavy atom. The van der Waals surface area contributed by atoms with Crippen molar-refractivity contribution in [2.45, 2.75) is 6.42 Å². The molecule has 19 heavy (non-hydrogen) atoms. The molecule has 0 spiro atoms. The summed E-state index contributed by atoms with van der Waals surface area (Å²) in [5.41, 5.74) is 6.82. The Labute approximate surface area is 114 Å². The van der Waals surface area contributed by atoms with Crippen molar-refractivity contribution in [3.63, 3.8) is 0 Å². The second kappa shape index (κ2) is 6.31. The molecule has 3 N–H and O–H groups in total. The number of ether oxygens (including phenoxy) is 1. The van der Waals surface area contributed by atoms with Gasteiger partial charge >= 0.3 is 0 Å². The lowest BCUT2D eigenvalue weighted by Crippen LogP contribution is -2.36. The number of guanidine groups is 1. The SMILES string of the molecule is CN=C(N)NC[C@@H]1CCN(c2ccccc2OC)C1. The third-order valence-electron chi connectivity index (χ3n) is 3.52. The van der Waals surface area contributed by atoms with Crippen LogP contribution >= 0.6 is 0 Å². The molecule has 1 aromatic rings. The molecule has 104 valence electrons. The standard InChI is InChI=1S/C14H22N4O/c1-16-14(15)17-9-11-7-8-18(10-11)12-5-3-4-6-13(12)19-2/h3-6,11H,7-10H2,1-2H3,(H3,15,16,17)/t11-/m0/s1. The van der Waals surface area contributed by atoms with Crippen LogP contribution in [0.15, 0.2) is 29.3 Å². The summed E-state index contributed by atoms with van der Waals surface area (Å²) in [6, 6.07) is 8.15. The van der Waals surface area contributed by atoms with E-state index in [2.05, 4.69) is 21.3 Å². The molecule has 5 nitrogen and oxygen atoms in total. The summed E-state index contributed by atoms with van der Waals surface area (Å²) in [6.45, 7) is 2.94. The van der Waals surface area contributed by atoms with E-state index in [1.165, 1.54) is 5.69 Å². The molecular formula is C14H22N4O. The summed E-state index contributed by atoms with van der Waals surface area (Å²) >= 11 is 0. The fourth-order valence-electron chi connectivity index (χ4n) is 2.44. The minimum atomic E-state index is 0.510. The Morgan fingerprint density at radius 2 is 2.32 bits per heavy atom. The van der Waals surface area contributed by atoms with Crippen LogP contribution in [0.5, 0.6) is 5.75 Å². The van der Waals surface area contributed by atoms with Crippen LogP contribution in [-0.2, 0) is 0 Å². The van der Waals surface area contributed by atoms with Crippen molar-refractivity contribution in [3.05, 3.63) is 24.3 Å². The van der Waals surface area contributed by atoms with Crippen molar-refractivity contribution in [2.24, 2.45) is 16.6 Å². The van der Waals surface area contributed by atoms with Gasteiger partial charge in [0.2, 0.25) is 0 Å². The van der Waals surface area contributed by atoms with E-state index < -0.39 is 0 Å². The molecule has 1 aromatic carbocycles. The van der Waals surface area contributed by atoms with Gasteiger partial charge in [-0.1, -0.05) is 12.1 Å². The first-order chi connectivity index (χ1) is 9.24. The van der Waals surface area contributed by atoms with Gasteiger partial charge in [0, 0.05) is 26.7 Å². The van der Waals surface area contributed by atoms with Crippen LogP contribution in [0.4, 0.5) is 5.69 Å². The first-order valence-corrected chi connectivity index (χ1v) is 6.58. The van der Waals surface area contributed by atoms with Crippen LogP contribution in [0.2, 0.25) is 0 Å². The second-order valence-corrected chi connectivity index (χ2v) is 4.76. The van der Waals surface area contributed by atoms with Gasteiger partial charge in [0.25, 0.3) is 0 Å². The molecule has 0 bridgehead atoms. The fraction of sp³-hybridized carbons (Fsp3) is 0.500. The molecule has 0 saturated carbocycles. The molecule has 1 atom stereocenters. The highest BCUT2D eigenvalue weighted by Gasteiger charge is 2.24. The van der Waals surface area contributed by atoms with Gasteiger partial charge < -0.3 is 20.7 Å². The lowest BCUT2D eigenvalue weighted by molar-refractivity contribution is 0.414. The third-order valence-corrected chi connectivity index (χ3v) is 3.52. The van der Waals surface area contributed by atoms with Gasteiger partial charge in [0.1, 0.15) is 5.75 Å². The largest absolute Gasteiger partial charge is 0.495 e. The van der Waals surface area contributed by atoms with Gasteiger partial charge in [-0.15, -0.1) is 0 Å². The summed E-state index contributed by atoms with van der Waals surface area (Å²) in [7, 11) is 3.41. The van der Waals surface area contributed by atoms with Gasteiger partial charge in [-0.2, -0.15) is 0 Å². The average Bonchev–Trinajstić information content (AvgIpc) is 2.93. The molecule has 0 amide bonds. The van der Waals surface area contributed by atoms with Gasteiger partial charge in [0.15, 0.2) is 5.96 Å². The van der Waals surface area contributed by atoms with Crippen molar-refractivity contribution in [1.82, 2.24) is 5.32 Å². The Bertz CT molecular complexity index is 447. The van der Waals surface area contributed by atoms with Gasteiger partial charge in [-0.05, 0) is 24.5 Å². The zero-order valence-electron chi connectivity index (χ0n) is 11.6. The van der Waals surface area contributed by atoms with E-state index in [-0.39, 0.29) is 0 Å². The maximum absolute atomic E-state index is 5.65. The Morgan fingerprint density at radius 1 is 1.53 bits per heavy atom. The van der Waals surface area contributed by atoms with Gasteiger partial charge in [-0.25, -0.2) is 0 Å². The average molecular weight is 262 g/mol. The van der Waals surface area contributed by atoms with Gasteiger partial charge in [0.05, 0.1) is 12.8 Å². The molecule has 1 fully saturated rings. The molecule has 0 aromatic heterocycles. The van der Waals surface area contributed by atoms with Crippen LogP contribution in [0, 0.1) is 5.92 Å². The first-order valence-electron chi connectivity index (χ1n) is 6.58. The predicted molar refractivity (Wildman–Crippen MR) is 78.9 cm³/mol. The molecule has 1 heterocycles.